The van der Waals surface area contributed by atoms with Gasteiger partial charge in [0.25, 0.3) is 0 Å². The predicted molar refractivity (Wildman–Crippen MR) is 130 cm³/mol. The summed E-state index contributed by atoms with van der Waals surface area (Å²) in [6, 6.07) is 8.01. The van der Waals surface area contributed by atoms with E-state index in [1.807, 2.05) is 32.0 Å². The first kappa shape index (κ1) is 27.0. The number of hydrogen-bond donors (Lipinski definition) is 2. The number of phosphoric ester groups is 1. The number of nitrogens with zero attached hydrogens (tertiary/aromatic N) is 3. The van der Waals surface area contributed by atoms with Crippen LogP contribution in [0.3, 0.4) is 0 Å². The molecule has 36 heavy (non-hydrogen) atoms. The number of imide groups is 1. The zero-order chi connectivity index (χ0) is 26.0. The Balaban J connectivity index is 1.26. The molecule has 0 aromatic heterocycles. The summed E-state index contributed by atoms with van der Waals surface area (Å²) in [5.74, 6) is -1.51. The molecule has 2 amide bonds. The monoisotopic (exact) mass is 527 g/mol. The molecule has 3 aliphatic rings. The number of carbonyl (C=O) groups is 2. The van der Waals surface area contributed by atoms with E-state index in [2.05, 4.69) is 20.4 Å². The molecular weight excluding hydrogens is 492 g/mol. The van der Waals surface area contributed by atoms with E-state index < -0.39 is 43.7 Å². The minimum atomic E-state index is -4.89. The Hall–Kier alpha value is -2.04. The number of ether oxygens (including phenoxy) is 1. The number of amides is 2. The van der Waals surface area contributed by atoms with Crippen molar-refractivity contribution in [3.63, 3.8) is 0 Å². The molecule has 3 fully saturated rings. The largest absolute Gasteiger partial charge is 0.489 e. The van der Waals surface area contributed by atoms with E-state index in [0.717, 1.165) is 44.2 Å². The van der Waals surface area contributed by atoms with Crippen LogP contribution in [-0.4, -0.2) is 89.0 Å². The topological polar surface area (TPSA) is 120 Å². The number of hydrogen-bond acceptors (Lipinski definition) is 7. The number of likely N-dealkylation sites (tertiary alicyclic amines) is 1. The van der Waals surface area contributed by atoms with E-state index in [1.165, 1.54) is 4.90 Å². The lowest BCUT2D eigenvalue weighted by molar-refractivity contribution is -0.140. The molecule has 4 atom stereocenters. The number of halogens is 1. The van der Waals surface area contributed by atoms with Crippen molar-refractivity contribution in [2.24, 2.45) is 11.8 Å². The number of piperazine rings is 1. The highest BCUT2D eigenvalue weighted by Crippen LogP contribution is 2.46. The Kier molecular flexibility index (Phi) is 8.36. The number of alkyl halides is 1. The fourth-order valence-electron chi connectivity index (χ4n) is 5.42. The average molecular weight is 528 g/mol. The molecule has 1 aliphatic carbocycles. The first-order valence-electron chi connectivity index (χ1n) is 12.5. The number of fused-ring (bicyclic) bond motifs is 1. The molecule has 4 rings (SSSR count). The van der Waals surface area contributed by atoms with Gasteiger partial charge in [-0.25, -0.2) is 8.96 Å². The van der Waals surface area contributed by atoms with Crippen molar-refractivity contribution in [3.8, 4) is 5.75 Å². The zero-order valence-corrected chi connectivity index (χ0v) is 21.6. The lowest BCUT2D eigenvalue weighted by atomic mass is 9.78. The van der Waals surface area contributed by atoms with Gasteiger partial charge in [0.05, 0.1) is 23.6 Å². The molecule has 1 saturated carbocycles. The van der Waals surface area contributed by atoms with E-state index in [1.54, 1.807) is 0 Å². The standard InChI is InChI=1S/C24H35FN3O7P/c1-16(2)34-21-7-4-3-6-20(21)27-12-10-26(11-13-27)8-5-9-28-23(29)17-14-19(25)22(35-36(31,32)33)15-18(17)24(28)30/h3-4,6-7,16-19,22H,5,8-15H2,1-2H3,(H2,31,32,33). The molecule has 4 unspecified atom stereocenters. The van der Waals surface area contributed by atoms with Crippen LogP contribution in [-0.2, 0) is 18.7 Å². The van der Waals surface area contributed by atoms with Gasteiger partial charge in [0.2, 0.25) is 11.8 Å². The lowest BCUT2D eigenvalue weighted by Crippen LogP contribution is -2.47. The third-order valence-electron chi connectivity index (χ3n) is 7.09. The van der Waals surface area contributed by atoms with E-state index in [-0.39, 0.29) is 25.5 Å². The van der Waals surface area contributed by atoms with Gasteiger partial charge in [0, 0.05) is 32.7 Å². The van der Waals surface area contributed by atoms with Crippen LogP contribution in [0.1, 0.15) is 33.1 Å². The molecule has 10 nitrogen and oxygen atoms in total. The minimum absolute atomic E-state index is 0.0903. The number of phosphoric acid groups is 1. The summed E-state index contributed by atoms with van der Waals surface area (Å²) in [5, 5.41) is 0. The number of anilines is 1. The normalized spacial score (nSPS) is 27.6. The van der Waals surface area contributed by atoms with Crippen molar-refractivity contribution in [1.29, 1.82) is 0 Å². The molecule has 2 N–H and O–H groups in total. The molecule has 2 saturated heterocycles. The van der Waals surface area contributed by atoms with Gasteiger partial charge in [-0.05, 0) is 51.8 Å². The summed E-state index contributed by atoms with van der Waals surface area (Å²) < 4.78 is 36.0. The van der Waals surface area contributed by atoms with Gasteiger partial charge in [0.15, 0.2) is 0 Å². The highest BCUT2D eigenvalue weighted by Gasteiger charge is 2.53. The second kappa shape index (κ2) is 11.1. The maximum absolute atomic E-state index is 14.4. The van der Waals surface area contributed by atoms with Crippen LogP contribution in [0.4, 0.5) is 10.1 Å². The van der Waals surface area contributed by atoms with E-state index in [9.17, 15) is 18.5 Å². The third-order valence-corrected chi connectivity index (χ3v) is 7.64. The Morgan fingerprint density at radius 2 is 1.67 bits per heavy atom. The fraction of sp³-hybridized carbons (Fsp3) is 0.667. The summed E-state index contributed by atoms with van der Waals surface area (Å²) in [6.07, 6.45) is -2.88. The van der Waals surface area contributed by atoms with Crippen LogP contribution < -0.4 is 9.64 Å². The Bertz CT molecular complexity index is 998. The van der Waals surface area contributed by atoms with Crippen LogP contribution in [0.2, 0.25) is 0 Å². The van der Waals surface area contributed by atoms with E-state index in [0.29, 0.717) is 6.42 Å². The van der Waals surface area contributed by atoms with Crippen molar-refractivity contribution in [2.75, 3.05) is 44.2 Å². The van der Waals surface area contributed by atoms with Crippen LogP contribution >= 0.6 is 7.82 Å². The number of benzene rings is 1. The molecule has 200 valence electrons. The SMILES string of the molecule is CC(C)Oc1ccccc1N1CCN(CCCN2C(=O)C3CC(F)C(OP(=O)(O)O)CC3C2=O)CC1. The van der Waals surface area contributed by atoms with Crippen molar-refractivity contribution in [1.82, 2.24) is 9.80 Å². The van der Waals surface area contributed by atoms with Gasteiger partial charge in [-0.1, -0.05) is 12.1 Å². The highest BCUT2D eigenvalue weighted by atomic mass is 31.2. The fourth-order valence-corrected chi connectivity index (χ4v) is 5.99. The average Bonchev–Trinajstić information content (AvgIpc) is 3.03. The van der Waals surface area contributed by atoms with Gasteiger partial charge in [-0.2, -0.15) is 0 Å². The van der Waals surface area contributed by atoms with Crippen LogP contribution in [0.15, 0.2) is 24.3 Å². The first-order chi connectivity index (χ1) is 17.0. The van der Waals surface area contributed by atoms with Crippen LogP contribution in [0, 0.1) is 11.8 Å². The van der Waals surface area contributed by atoms with Crippen molar-refractivity contribution in [3.05, 3.63) is 24.3 Å². The number of carbonyl (C=O) groups excluding carboxylic acids is 2. The van der Waals surface area contributed by atoms with Gasteiger partial charge in [-0.15, -0.1) is 0 Å². The molecule has 0 spiro atoms. The highest BCUT2D eigenvalue weighted by molar-refractivity contribution is 7.46. The van der Waals surface area contributed by atoms with Gasteiger partial charge < -0.3 is 19.4 Å². The summed E-state index contributed by atoms with van der Waals surface area (Å²) in [7, 11) is -4.89. The van der Waals surface area contributed by atoms with Crippen molar-refractivity contribution >= 4 is 25.3 Å². The molecule has 2 heterocycles. The van der Waals surface area contributed by atoms with Crippen molar-refractivity contribution in [2.45, 2.75) is 51.5 Å². The molecule has 1 aromatic carbocycles. The van der Waals surface area contributed by atoms with E-state index in [4.69, 9.17) is 14.5 Å². The van der Waals surface area contributed by atoms with E-state index >= 15 is 0 Å². The summed E-state index contributed by atoms with van der Waals surface area (Å²) in [6.45, 7) is 8.33. The summed E-state index contributed by atoms with van der Waals surface area (Å²) >= 11 is 0. The molecule has 1 aromatic rings. The van der Waals surface area contributed by atoms with Crippen LogP contribution in [0.5, 0.6) is 5.75 Å². The Morgan fingerprint density at radius 3 is 2.31 bits per heavy atom. The summed E-state index contributed by atoms with van der Waals surface area (Å²) in [5.41, 5.74) is 1.08. The number of rotatable bonds is 9. The molecule has 12 heteroatoms. The lowest BCUT2D eigenvalue weighted by Gasteiger charge is -2.37. The Morgan fingerprint density at radius 1 is 1.03 bits per heavy atom. The quantitative estimate of drug-likeness (QED) is 0.368. The van der Waals surface area contributed by atoms with Gasteiger partial charge in [-0.3, -0.25) is 23.9 Å². The van der Waals surface area contributed by atoms with Gasteiger partial charge in [0.1, 0.15) is 18.0 Å². The third kappa shape index (κ3) is 6.26. The first-order valence-corrected chi connectivity index (χ1v) is 14.0. The molecular formula is C24H35FN3O7P. The van der Waals surface area contributed by atoms with Gasteiger partial charge >= 0.3 is 7.82 Å². The second-order valence-corrected chi connectivity index (χ2v) is 11.2. The van der Waals surface area contributed by atoms with Crippen molar-refractivity contribution < 1.29 is 37.6 Å². The second-order valence-electron chi connectivity index (χ2n) is 9.98. The maximum atomic E-state index is 14.4. The summed E-state index contributed by atoms with van der Waals surface area (Å²) in [4.78, 5) is 49.5. The minimum Gasteiger partial charge on any atom is -0.489 e. The number of para-hydroxylation sites is 2. The molecule has 0 bridgehead atoms. The predicted octanol–water partition coefficient (Wildman–Crippen LogP) is 2.20. The Labute approximate surface area is 210 Å². The smallest absolute Gasteiger partial charge is 0.469 e. The zero-order valence-electron chi connectivity index (χ0n) is 20.7. The maximum Gasteiger partial charge on any atom is 0.469 e. The molecule has 0 radical (unpaired) electrons. The van der Waals surface area contributed by atoms with Crippen LogP contribution in [0.25, 0.3) is 0 Å². The molecule has 2 aliphatic heterocycles.